The van der Waals surface area contributed by atoms with Crippen molar-refractivity contribution in [1.29, 1.82) is 0 Å². The highest BCUT2D eigenvalue weighted by molar-refractivity contribution is 5.35. The van der Waals surface area contributed by atoms with E-state index in [1.165, 1.54) is 4.90 Å². The van der Waals surface area contributed by atoms with Crippen molar-refractivity contribution in [1.82, 2.24) is 9.80 Å². The second-order valence-corrected chi connectivity index (χ2v) is 6.29. The van der Waals surface area contributed by atoms with E-state index in [9.17, 15) is 22.7 Å². The van der Waals surface area contributed by atoms with Crippen LogP contribution in [0.3, 0.4) is 0 Å². The molecule has 0 amide bonds. The molecule has 1 aliphatic heterocycles. The average molecular weight is 332 g/mol. The molecule has 1 fully saturated rings. The average Bonchev–Trinajstić information content (AvgIpc) is 2.85. The molecule has 1 aliphatic carbocycles. The summed E-state index contributed by atoms with van der Waals surface area (Å²) >= 11 is 0. The lowest BCUT2D eigenvalue weighted by molar-refractivity contribution is -0.146. The predicted molar refractivity (Wildman–Crippen MR) is 77.9 cm³/mol. The minimum absolute atomic E-state index is 0.0647. The number of hydrogen-bond donors (Lipinski definition) is 1. The van der Waals surface area contributed by atoms with Crippen LogP contribution >= 0.6 is 0 Å². The van der Waals surface area contributed by atoms with Gasteiger partial charge >= 0.3 is 12.3 Å². The van der Waals surface area contributed by atoms with Crippen molar-refractivity contribution < 1.29 is 22.7 Å². The number of fused-ring (bicyclic) bond motifs is 1. The minimum atomic E-state index is -3.97. The third kappa shape index (κ3) is 3.36. The Morgan fingerprint density at radius 1 is 1.13 bits per heavy atom. The molecule has 0 bridgehead atoms. The van der Waals surface area contributed by atoms with Gasteiger partial charge < -0.3 is 5.11 Å². The summed E-state index contributed by atoms with van der Waals surface area (Å²) in [6.45, 7) is 0.694. The Labute approximate surface area is 132 Å². The van der Waals surface area contributed by atoms with Gasteiger partial charge in [-0.25, -0.2) is 8.78 Å². The highest BCUT2D eigenvalue weighted by Crippen LogP contribution is 2.35. The van der Waals surface area contributed by atoms with Crippen molar-refractivity contribution >= 4 is 0 Å². The van der Waals surface area contributed by atoms with Crippen LogP contribution in [0.4, 0.5) is 17.6 Å². The summed E-state index contributed by atoms with van der Waals surface area (Å²) in [6.07, 6.45) is -3.49. The van der Waals surface area contributed by atoms with E-state index in [1.807, 2.05) is 24.3 Å². The van der Waals surface area contributed by atoms with Crippen molar-refractivity contribution in [3.8, 4) is 0 Å². The SMILES string of the molecule is OC1c2ccccc2CC1N1CCN(CC(F)(F)C(F)F)CC1. The fourth-order valence-corrected chi connectivity index (χ4v) is 3.50. The topological polar surface area (TPSA) is 26.7 Å². The number of aliphatic hydroxyl groups excluding tert-OH is 1. The molecule has 128 valence electrons. The number of rotatable bonds is 4. The molecule has 2 aliphatic rings. The van der Waals surface area contributed by atoms with Gasteiger partial charge in [-0.15, -0.1) is 0 Å². The molecule has 1 heterocycles. The van der Waals surface area contributed by atoms with E-state index in [0.29, 0.717) is 26.2 Å². The van der Waals surface area contributed by atoms with Gasteiger partial charge in [-0.2, -0.15) is 8.78 Å². The number of aliphatic hydroxyl groups is 1. The molecular formula is C16H20F4N2O. The van der Waals surface area contributed by atoms with Crippen LogP contribution in [0.1, 0.15) is 17.2 Å². The largest absolute Gasteiger partial charge is 0.387 e. The molecule has 1 aromatic carbocycles. The fraction of sp³-hybridized carbons (Fsp3) is 0.625. The normalized spacial score (nSPS) is 26.7. The van der Waals surface area contributed by atoms with Gasteiger partial charge in [-0.1, -0.05) is 24.3 Å². The predicted octanol–water partition coefficient (Wildman–Crippen LogP) is 2.16. The van der Waals surface area contributed by atoms with Gasteiger partial charge in [0, 0.05) is 32.2 Å². The zero-order valence-electron chi connectivity index (χ0n) is 12.6. The Morgan fingerprint density at radius 2 is 1.78 bits per heavy atom. The van der Waals surface area contributed by atoms with E-state index >= 15 is 0 Å². The maximum Gasteiger partial charge on any atom is 0.319 e. The Kier molecular flexibility index (Phi) is 4.62. The number of alkyl halides is 4. The van der Waals surface area contributed by atoms with E-state index in [2.05, 4.69) is 4.90 Å². The van der Waals surface area contributed by atoms with Crippen LogP contribution in [0, 0.1) is 0 Å². The van der Waals surface area contributed by atoms with Crippen LogP contribution in [-0.2, 0) is 6.42 Å². The van der Waals surface area contributed by atoms with Crippen LogP contribution in [0.15, 0.2) is 24.3 Å². The van der Waals surface area contributed by atoms with Gasteiger partial charge in [0.2, 0.25) is 0 Å². The number of halogens is 4. The van der Waals surface area contributed by atoms with Gasteiger partial charge in [-0.3, -0.25) is 9.80 Å². The molecule has 1 N–H and O–H groups in total. The number of nitrogens with zero attached hydrogens (tertiary/aromatic N) is 2. The van der Waals surface area contributed by atoms with E-state index < -0.39 is 25.0 Å². The summed E-state index contributed by atoms with van der Waals surface area (Å²) in [4.78, 5) is 3.44. The van der Waals surface area contributed by atoms with Gasteiger partial charge in [0.1, 0.15) is 0 Å². The second kappa shape index (κ2) is 6.37. The first-order valence-electron chi connectivity index (χ1n) is 7.77. The van der Waals surface area contributed by atoms with Crippen LogP contribution in [0.5, 0.6) is 0 Å². The summed E-state index contributed by atoms with van der Waals surface area (Å²) in [6, 6.07) is 7.63. The molecular weight excluding hydrogens is 312 g/mol. The molecule has 1 saturated heterocycles. The first-order chi connectivity index (χ1) is 10.9. The van der Waals surface area contributed by atoms with Crippen LogP contribution in [0.25, 0.3) is 0 Å². The summed E-state index contributed by atoms with van der Waals surface area (Å²) in [5, 5.41) is 10.4. The quantitative estimate of drug-likeness (QED) is 0.856. The van der Waals surface area contributed by atoms with Crippen LogP contribution < -0.4 is 0 Å². The molecule has 0 aromatic heterocycles. The zero-order valence-corrected chi connectivity index (χ0v) is 12.6. The molecule has 23 heavy (non-hydrogen) atoms. The highest BCUT2D eigenvalue weighted by atomic mass is 19.3. The summed E-state index contributed by atoms with van der Waals surface area (Å²) < 4.78 is 50.8. The lowest BCUT2D eigenvalue weighted by Gasteiger charge is -2.39. The Morgan fingerprint density at radius 3 is 2.39 bits per heavy atom. The van der Waals surface area contributed by atoms with E-state index in [0.717, 1.165) is 17.5 Å². The molecule has 1 aromatic rings. The Balaban J connectivity index is 1.56. The third-order valence-electron chi connectivity index (χ3n) is 4.80. The molecule has 3 rings (SSSR count). The Hall–Kier alpha value is -1.18. The van der Waals surface area contributed by atoms with Crippen molar-refractivity contribution in [2.75, 3.05) is 32.7 Å². The maximum absolute atomic E-state index is 13.1. The number of piperazine rings is 1. The number of benzene rings is 1. The zero-order chi connectivity index (χ0) is 16.6. The fourth-order valence-electron chi connectivity index (χ4n) is 3.50. The summed E-state index contributed by atoms with van der Waals surface area (Å²) in [5.41, 5.74) is 2.03. The third-order valence-corrected chi connectivity index (χ3v) is 4.80. The van der Waals surface area contributed by atoms with Gasteiger partial charge in [0.25, 0.3) is 0 Å². The second-order valence-electron chi connectivity index (χ2n) is 6.29. The molecule has 2 unspecified atom stereocenters. The standard InChI is InChI=1S/C16H20F4N2O/c17-15(18)16(19,20)10-21-5-7-22(8-6-21)13-9-11-3-1-2-4-12(11)14(13)23/h1-4,13-15,23H,5-10H2. The van der Waals surface area contributed by atoms with Crippen LogP contribution in [-0.4, -0.2) is 66.0 Å². The lowest BCUT2D eigenvalue weighted by atomic mass is 10.1. The summed E-state index contributed by atoms with van der Waals surface area (Å²) in [5.74, 6) is -3.97. The minimum Gasteiger partial charge on any atom is -0.387 e. The van der Waals surface area contributed by atoms with Crippen LogP contribution in [0.2, 0.25) is 0 Å². The summed E-state index contributed by atoms with van der Waals surface area (Å²) in [7, 11) is 0. The van der Waals surface area contributed by atoms with Gasteiger partial charge in [0.05, 0.1) is 12.6 Å². The van der Waals surface area contributed by atoms with Gasteiger partial charge in [-0.05, 0) is 17.5 Å². The first-order valence-corrected chi connectivity index (χ1v) is 7.77. The number of hydrogen-bond acceptors (Lipinski definition) is 3. The molecule has 3 nitrogen and oxygen atoms in total. The highest BCUT2D eigenvalue weighted by Gasteiger charge is 2.43. The smallest absolute Gasteiger partial charge is 0.319 e. The van der Waals surface area contributed by atoms with Gasteiger partial charge in [0.15, 0.2) is 0 Å². The molecule has 0 radical (unpaired) electrons. The Bertz CT molecular complexity index is 547. The maximum atomic E-state index is 13.1. The van der Waals surface area contributed by atoms with Crippen molar-refractivity contribution in [2.24, 2.45) is 0 Å². The van der Waals surface area contributed by atoms with Crippen molar-refractivity contribution in [3.05, 3.63) is 35.4 Å². The van der Waals surface area contributed by atoms with Crippen molar-refractivity contribution in [2.45, 2.75) is 30.9 Å². The first kappa shape index (κ1) is 16.7. The van der Waals surface area contributed by atoms with Crippen molar-refractivity contribution in [3.63, 3.8) is 0 Å². The van der Waals surface area contributed by atoms with E-state index in [1.54, 1.807) is 0 Å². The molecule has 0 spiro atoms. The van der Waals surface area contributed by atoms with E-state index in [4.69, 9.17) is 0 Å². The molecule has 2 atom stereocenters. The lowest BCUT2D eigenvalue weighted by Crippen LogP contribution is -2.54. The monoisotopic (exact) mass is 332 g/mol. The molecule has 7 heteroatoms. The molecule has 0 saturated carbocycles. The van der Waals surface area contributed by atoms with E-state index in [-0.39, 0.29) is 6.04 Å².